The number of aliphatic carboxylic acids is 2. The summed E-state index contributed by atoms with van der Waals surface area (Å²) in [6.07, 6.45) is -5.80. The maximum Gasteiger partial charge on any atom is 0.418 e. The molecule has 5 unspecified atom stereocenters. The van der Waals surface area contributed by atoms with Gasteiger partial charge < -0.3 is 15.5 Å². The molecule has 2 amide bonds. The van der Waals surface area contributed by atoms with Gasteiger partial charge in [-0.25, -0.2) is 8.78 Å². The van der Waals surface area contributed by atoms with Crippen molar-refractivity contribution >= 4 is 47.1 Å². The number of carboxylic acid groups (broad SMARTS) is 2. The van der Waals surface area contributed by atoms with Gasteiger partial charge in [0.05, 0.1) is 38.6 Å². The lowest BCUT2D eigenvalue weighted by molar-refractivity contribution is -0.173. The summed E-state index contributed by atoms with van der Waals surface area (Å²) in [5.74, 6) is -8.55. The van der Waals surface area contributed by atoms with Gasteiger partial charge in [0.15, 0.2) is 0 Å². The first kappa shape index (κ1) is 33.7. The van der Waals surface area contributed by atoms with Crippen LogP contribution in [0.4, 0.5) is 22.0 Å². The van der Waals surface area contributed by atoms with Crippen LogP contribution in [-0.2, 0) is 15.8 Å². The molecule has 2 aromatic carbocycles. The molecule has 2 heterocycles. The molecule has 44 heavy (non-hydrogen) atoms. The lowest BCUT2D eigenvalue weighted by Crippen LogP contribution is -2.71. The van der Waals surface area contributed by atoms with Crippen LogP contribution in [-0.4, -0.2) is 75.7 Å². The molecule has 0 bridgehead atoms. The lowest BCUT2D eigenvalue weighted by atomic mass is 9.51. The first-order valence-electron chi connectivity index (χ1n) is 13.5. The van der Waals surface area contributed by atoms with Crippen LogP contribution in [0.15, 0.2) is 36.4 Å². The van der Waals surface area contributed by atoms with E-state index in [0.717, 1.165) is 23.6 Å². The zero-order valence-corrected chi connectivity index (χ0v) is 25.0. The molecule has 8 nitrogen and oxygen atoms in total. The fourth-order valence-corrected chi connectivity index (χ4v) is 7.92. The van der Waals surface area contributed by atoms with Crippen molar-refractivity contribution in [2.24, 2.45) is 10.8 Å². The molecule has 0 spiro atoms. The molecule has 238 valence electrons. The molecule has 4 rings (SSSR count). The van der Waals surface area contributed by atoms with Crippen LogP contribution in [0.25, 0.3) is 0 Å². The maximum absolute atomic E-state index is 15.6. The van der Waals surface area contributed by atoms with Crippen LogP contribution in [0.2, 0.25) is 5.02 Å². The van der Waals surface area contributed by atoms with Crippen molar-refractivity contribution in [3.8, 4) is 0 Å². The minimum Gasteiger partial charge on any atom is -0.481 e. The van der Waals surface area contributed by atoms with Crippen molar-refractivity contribution in [2.75, 3.05) is 24.7 Å². The second-order valence-corrected chi connectivity index (χ2v) is 12.4. The van der Waals surface area contributed by atoms with Crippen LogP contribution in [0.5, 0.6) is 0 Å². The normalized spacial score (nSPS) is 27.0. The number of thioether (sulfide) groups is 1. The Morgan fingerprint density at radius 2 is 1.64 bits per heavy atom. The quantitative estimate of drug-likeness (QED) is 0.173. The number of nitrogens with zero attached hydrogens (tertiary/aromatic N) is 1. The standard InChI is InChI=1S/C29H28ClF5N2O6S/c1-3-28(26(42)43)19(13-44-11-10-37-23(38)14-6-4-5-7-15(14)24(37)39)36-18(12-31)27(2,25(40)41)22(28)20-17(32)9-8-16(30)21(20)29(33,34)35/h4-9,18-19,22,36H,3,10-13H2,1-2H3,(H,40,41)(H,42,43). The first-order valence-corrected chi connectivity index (χ1v) is 15.0. The van der Waals surface area contributed by atoms with E-state index >= 15 is 4.39 Å². The smallest absolute Gasteiger partial charge is 0.418 e. The third-order valence-corrected chi connectivity index (χ3v) is 10.2. The average Bonchev–Trinajstić information content (AvgIpc) is 3.20. The van der Waals surface area contributed by atoms with E-state index in [1.54, 1.807) is 12.1 Å². The number of carbonyl (C=O) groups excluding carboxylic acids is 2. The van der Waals surface area contributed by atoms with E-state index in [1.165, 1.54) is 19.1 Å². The number of benzene rings is 2. The van der Waals surface area contributed by atoms with E-state index < -0.39 is 93.8 Å². The van der Waals surface area contributed by atoms with E-state index in [9.17, 15) is 47.0 Å². The number of alkyl halides is 4. The molecule has 2 aliphatic rings. The Bertz CT molecular complexity index is 1470. The number of carboxylic acids is 2. The molecule has 0 aromatic heterocycles. The predicted molar refractivity (Wildman–Crippen MR) is 151 cm³/mol. The van der Waals surface area contributed by atoms with Gasteiger partial charge in [0.25, 0.3) is 11.8 Å². The molecule has 2 aliphatic heterocycles. The van der Waals surface area contributed by atoms with Crippen molar-refractivity contribution < 1.29 is 51.3 Å². The molecule has 1 saturated heterocycles. The summed E-state index contributed by atoms with van der Waals surface area (Å²) >= 11 is 6.90. The van der Waals surface area contributed by atoms with Gasteiger partial charge in [-0.15, -0.1) is 0 Å². The summed E-state index contributed by atoms with van der Waals surface area (Å²) in [4.78, 5) is 52.3. The fraction of sp³-hybridized carbons (Fsp3) is 0.448. The Kier molecular flexibility index (Phi) is 9.39. The van der Waals surface area contributed by atoms with E-state index in [0.29, 0.717) is 12.1 Å². The molecule has 3 N–H and O–H groups in total. The van der Waals surface area contributed by atoms with Gasteiger partial charge in [0.2, 0.25) is 0 Å². The Balaban J connectivity index is 1.77. The average molecular weight is 663 g/mol. The Morgan fingerprint density at radius 3 is 2.11 bits per heavy atom. The van der Waals surface area contributed by atoms with Gasteiger partial charge in [-0.05, 0) is 37.6 Å². The molecule has 0 saturated carbocycles. The van der Waals surface area contributed by atoms with Crippen LogP contribution >= 0.6 is 23.4 Å². The molecule has 2 aromatic rings. The number of hydrogen-bond donors (Lipinski definition) is 3. The second kappa shape index (κ2) is 12.3. The summed E-state index contributed by atoms with van der Waals surface area (Å²) in [6, 6.07) is 4.31. The highest BCUT2D eigenvalue weighted by atomic mass is 35.5. The number of nitrogens with one attached hydrogen (secondary N) is 1. The molecule has 0 radical (unpaired) electrons. The Labute approximate surface area is 257 Å². The SMILES string of the molecule is CCC1(C(=O)O)C(CSCCN2C(=O)c3ccccc3C2=O)NC(CF)C(C)(C(=O)O)C1c1c(F)ccc(Cl)c1C(F)(F)F. The number of amides is 2. The van der Waals surface area contributed by atoms with Crippen molar-refractivity contribution in [3.63, 3.8) is 0 Å². The summed E-state index contributed by atoms with van der Waals surface area (Å²) in [6.45, 7) is 0.683. The number of hydrogen-bond acceptors (Lipinski definition) is 6. The molecule has 0 aliphatic carbocycles. The minimum atomic E-state index is -5.32. The van der Waals surface area contributed by atoms with Crippen molar-refractivity contribution in [3.05, 3.63) is 69.5 Å². The Hall–Kier alpha value is -3.23. The van der Waals surface area contributed by atoms with E-state index in [-0.39, 0.29) is 29.2 Å². The van der Waals surface area contributed by atoms with Gasteiger partial charge in [0, 0.05) is 35.6 Å². The zero-order valence-electron chi connectivity index (χ0n) is 23.4. The number of halogens is 6. The van der Waals surface area contributed by atoms with E-state index in [4.69, 9.17) is 11.6 Å². The van der Waals surface area contributed by atoms with Crippen LogP contribution in [0, 0.1) is 16.6 Å². The number of carbonyl (C=O) groups is 4. The van der Waals surface area contributed by atoms with E-state index in [1.807, 2.05) is 0 Å². The maximum atomic E-state index is 15.6. The number of rotatable bonds is 10. The monoisotopic (exact) mass is 662 g/mol. The van der Waals surface area contributed by atoms with Crippen molar-refractivity contribution in [1.82, 2.24) is 10.2 Å². The highest BCUT2D eigenvalue weighted by molar-refractivity contribution is 7.99. The zero-order chi connectivity index (χ0) is 32.8. The fourth-order valence-electron chi connectivity index (χ4n) is 6.54. The minimum absolute atomic E-state index is 0.0591. The first-order chi connectivity index (χ1) is 20.6. The van der Waals surface area contributed by atoms with Crippen LogP contribution in [0.1, 0.15) is 58.0 Å². The van der Waals surface area contributed by atoms with E-state index in [2.05, 4.69) is 5.32 Å². The highest BCUT2D eigenvalue weighted by Crippen LogP contribution is 2.60. The molecular formula is C29H28ClF5N2O6S. The summed E-state index contributed by atoms with van der Waals surface area (Å²) < 4.78 is 73.3. The number of imide groups is 1. The van der Waals surface area contributed by atoms with Gasteiger partial charge >= 0.3 is 18.1 Å². The topological polar surface area (TPSA) is 124 Å². The molecule has 5 atom stereocenters. The van der Waals surface area contributed by atoms with Gasteiger partial charge in [-0.3, -0.25) is 24.1 Å². The third kappa shape index (κ3) is 5.24. The third-order valence-electron chi connectivity index (χ3n) is 8.80. The van der Waals surface area contributed by atoms with Gasteiger partial charge in [-0.1, -0.05) is 30.7 Å². The number of fused-ring (bicyclic) bond motifs is 1. The van der Waals surface area contributed by atoms with Crippen LogP contribution in [0.3, 0.4) is 0 Å². The van der Waals surface area contributed by atoms with Crippen molar-refractivity contribution in [2.45, 2.75) is 44.4 Å². The Morgan fingerprint density at radius 1 is 1.05 bits per heavy atom. The molecule has 1 fully saturated rings. The lowest BCUT2D eigenvalue weighted by Gasteiger charge is -2.57. The highest BCUT2D eigenvalue weighted by Gasteiger charge is 2.68. The summed E-state index contributed by atoms with van der Waals surface area (Å²) in [5, 5.41) is 22.7. The largest absolute Gasteiger partial charge is 0.481 e. The van der Waals surface area contributed by atoms with Gasteiger partial charge in [-0.2, -0.15) is 24.9 Å². The van der Waals surface area contributed by atoms with Gasteiger partial charge in [0.1, 0.15) is 12.5 Å². The molecular weight excluding hydrogens is 635 g/mol. The predicted octanol–water partition coefficient (Wildman–Crippen LogP) is 5.49. The van der Waals surface area contributed by atoms with Crippen LogP contribution < -0.4 is 5.32 Å². The van der Waals surface area contributed by atoms with Crippen molar-refractivity contribution in [1.29, 1.82) is 0 Å². The summed E-state index contributed by atoms with van der Waals surface area (Å²) in [5.41, 5.74) is -7.55. The summed E-state index contributed by atoms with van der Waals surface area (Å²) in [7, 11) is 0. The molecule has 15 heteroatoms. The number of piperidine rings is 1. The second-order valence-electron chi connectivity index (χ2n) is 10.8.